The molecule has 1 aliphatic rings. The third kappa shape index (κ3) is 4.28. The Morgan fingerprint density at radius 3 is 2.89 bits per heavy atom. The molecule has 1 aliphatic heterocycles. The van der Waals surface area contributed by atoms with Gasteiger partial charge in [-0.15, -0.1) is 16.8 Å². The third-order valence-electron chi connectivity index (χ3n) is 5.44. The number of nitrogens with zero attached hydrogens (tertiary/aromatic N) is 4. The van der Waals surface area contributed by atoms with Crippen molar-refractivity contribution < 1.29 is 18.7 Å². The number of benzene rings is 1. The molecule has 1 amide bonds. The van der Waals surface area contributed by atoms with E-state index in [0.717, 1.165) is 0 Å². The topological polar surface area (TPSA) is 137 Å². The number of hydrogen-bond donors (Lipinski definition) is 2. The second kappa shape index (κ2) is 9.29. The number of anilines is 1. The molecule has 0 fully saturated rings. The van der Waals surface area contributed by atoms with Gasteiger partial charge in [-0.2, -0.15) is 5.10 Å². The van der Waals surface area contributed by atoms with Crippen LogP contribution in [0, 0.1) is 13.8 Å². The minimum absolute atomic E-state index is 0.0172. The largest absolute Gasteiger partial charge is 0.485 e. The molecule has 4 aromatic rings. The quantitative estimate of drug-likeness (QED) is 0.293. The minimum Gasteiger partial charge on any atom is -0.485 e. The van der Waals surface area contributed by atoms with Crippen LogP contribution >= 0.6 is 11.8 Å². The fourth-order valence-electron chi connectivity index (χ4n) is 3.92. The number of aromatic amines is 1. The SMILES string of the molecule is C=CCn1c(SCC(=O)Nc2oc(C)c3c(C)n[nH]c(=O)c23)nnc1[C@@H]1COc2ccccc2O1. The van der Waals surface area contributed by atoms with Crippen molar-refractivity contribution in [3.8, 4) is 11.5 Å². The van der Waals surface area contributed by atoms with Gasteiger partial charge in [0.25, 0.3) is 5.56 Å². The maximum absolute atomic E-state index is 12.7. The number of para-hydroxylation sites is 2. The van der Waals surface area contributed by atoms with E-state index in [9.17, 15) is 9.59 Å². The van der Waals surface area contributed by atoms with Gasteiger partial charge in [-0.25, -0.2) is 5.10 Å². The first-order valence-electron chi connectivity index (χ1n) is 10.8. The molecule has 0 unspecified atom stereocenters. The van der Waals surface area contributed by atoms with Crippen LogP contribution in [-0.2, 0) is 11.3 Å². The molecule has 0 aliphatic carbocycles. The van der Waals surface area contributed by atoms with Crippen LogP contribution in [0.5, 0.6) is 11.5 Å². The summed E-state index contributed by atoms with van der Waals surface area (Å²) >= 11 is 1.20. The number of aryl methyl sites for hydroxylation is 2. The Labute approximate surface area is 203 Å². The van der Waals surface area contributed by atoms with E-state index < -0.39 is 11.7 Å². The van der Waals surface area contributed by atoms with Crippen molar-refractivity contribution in [3.05, 3.63) is 64.6 Å². The van der Waals surface area contributed by atoms with Crippen molar-refractivity contribution >= 4 is 34.3 Å². The van der Waals surface area contributed by atoms with Gasteiger partial charge in [0.05, 0.1) is 16.8 Å². The number of fused-ring (bicyclic) bond motifs is 2. The number of H-pyrrole nitrogens is 1. The van der Waals surface area contributed by atoms with E-state index in [-0.39, 0.29) is 29.5 Å². The van der Waals surface area contributed by atoms with E-state index >= 15 is 0 Å². The van der Waals surface area contributed by atoms with Crippen LogP contribution in [0.2, 0.25) is 0 Å². The summed E-state index contributed by atoms with van der Waals surface area (Å²) in [5, 5.41) is 19.0. The fourth-order valence-corrected chi connectivity index (χ4v) is 4.67. The summed E-state index contributed by atoms with van der Waals surface area (Å²) in [7, 11) is 0. The van der Waals surface area contributed by atoms with Crippen molar-refractivity contribution in [2.45, 2.75) is 31.7 Å². The summed E-state index contributed by atoms with van der Waals surface area (Å²) in [4.78, 5) is 25.0. The smallest absolute Gasteiger partial charge is 0.277 e. The minimum atomic E-state index is -0.457. The molecule has 1 aromatic carbocycles. The molecule has 0 saturated carbocycles. The molecule has 0 radical (unpaired) electrons. The Hall–Kier alpha value is -4.06. The Morgan fingerprint density at radius 1 is 1.29 bits per heavy atom. The highest BCUT2D eigenvalue weighted by Crippen LogP contribution is 2.36. The maximum atomic E-state index is 12.7. The lowest BCUT2D eigenvalue weighted by Crippen LogP contribution is -2.25. The number of amides is 1. The summed E-state index contributed by atoms with van der Waals surface area (Å²) in [6, 6.07) is 7.42. The van der Waals surface area contributed by atoms with Crippen molar-refractivity contribution in [2.24, 2.45) is 0 Å². The van der Waals surface area contributed by atoms with E-state index in [1.807, 2.05) is 28.8 Å². The van der Waals surface area contributed by atoms with Crippen molar-refractivity contribution in [3.63, 3.8) is 0 Å². The number of ether oxygens (including phenoxy) is 2. The molecule has 12 heteroatoms. The Balaban J connectivity index is 1.32. The predicted octanol–water partition coefficient (Wildman–Crippen LogP) is 3.15. The number of carbonyl (C=O) groups is 1. The summed E-state index contributed by atoms with van der Waals surface area (Å²) < 4.78 is 19.4. The first kappa shape index (κ1) is 22.7. The van der Waals surface area contributed by atoms with E-state index in [2.05, 4.69) is 32.3 Å². The lowest BCUT2D eigenvalue weighted by Gasteiger charge is -2.26. The van der Waals surface area contributed by atoms with Gasteiger partial charge in [-0.1, -0.05) is 30.0 Å². The van der Waals surface area contributed by atoms with Crippen molar-refractivity contribution in [1.29, 1.82) is 0 Å². The second-order valence-electron chi connectivity index (χ2n) is 7.82. The molecule has 180 valence electrons. The Morgan fingerprint density at radius 2 is 2.09 bits per heavy atom. The standard InChI is InChI=1S/C23H22N6O5S/c1-4-9-29-20(16-10-32-14-7-5-6-8-15(14)34-16)26-28-23(29)35-11-17(30)24-22-19-18(13(3)33-22)12(2)25-27-21(19)31/h4-8,16H,1,9-11H2,2-3H3,(H,24,30)(H,27,31)/t16-/m0/s1. The molecule has 3 aromatic heterocycles. The number of thioether (sulfide) groups is 1. The number of allylic oxidation sites excluding steroid dienone is 1. The molecular weight excluding hydrogens is 472 g/mol. The summed E-state index contributed by atoms with van der Waals surface area (Å²) in [6.45, 7) is 7.99. The van der Waals surface area contributed by atoms with E-state index in [0.29, 0.717) is 45.9 Å². The number of furan rings is 1. The summed E-state index contributed by atoms with van der Waals surface area (Å²) in [6.07, 6.45) is 1.26. The highest BCUT2D eigenvalue weighted by atomic mass is 32.2. The van der Waals surface area contributed by atoms with Gasteiger partial charge >= 0.3 is 0 Å². The molecule has 2 N–H and O–H groups in total. The van der Waals surface area contributed by atoms with Gasteiger partial charge in [0.1, 0.15) is 17.8 Å². The van der Waals surface area contributed by atoms with Crippen molar-refractivity contribution in [2.75, 3.05) is 17.7 Å². The van der Waals surface area contributed by atoms with Crippen LogP contribution < -0.4 is 20.3 Å². The van der Waals surface area contributed by atoms with E-state index in [4.69, 9.17) is 13.9 Å². The van der Waals surface area contributed by atoms with Crippen LogP contribution in [0.4, 0.5) is 5.88 Å². The van der Waals surface area contributed by atoms with Crippen LogP contribution in [0.25, 0.3) is 10.8 Å². The maximum Gasteiger partial charge on any atom is 0.277 e. The zero-order chi connectivity index (χ0) is 24.5. The zero-order valence-corrected chi connectivity index (χ0v) is 19.8. The van der Waals surface area contributed by atoms with Crippen LogP contribution in [0.1, 0.15) is 23.4 Å². The van der Waals surface area contributed by atoms with E-state index in [1.165, 1.54) is 11.8 Å². The predicted molar refractivity (Wildman–Crippen MR) is 129 cm³/mol. The number of nitrogens with one attached hydrogen (secondary N) is 2. The Bertz CT molecular complexity index is 1490. The molecule has 4 heterocycles. The number of aromatic nitrogens is 5. The molecule has 0 bridgehead atoms. The van der Waals surface area contributed by atoms with Gasteiger partial charge < -0.3 is 13.9 Å². The van der Waals surface area contributed by atoms with Gasteiger partial charge in [-0.3, -0.25) is 19.5 Å². The Kier molecular flexibility index (Phi) is 6.03. The lowest BCUT2D eigenvalue weighted by atomic mass is 10.2. The monoisotopic (exact) mass is 494 g/mol. The average Bonchev–Trinajstić information content (AvgIpc) is 3.41. The molecule has 0 saturated heterocycles. The van der Waals surface area contributed by atoms with Crippen LogP contribution in [0.15, 0.2) is 51.3 Å². The average molecular weight is 495 g/mol. The highest BCUT2D eigenvalue weighted by Gasteiger charge is 2.28. The van der Waals surface area contributed by atoms with Crippen LogP contribution in [-0.4, -0.2) is 43.2 Å². The normalized spacial score (nSPS) is 14.7. The molecule has 0 spiro atoms. The second-order valence-corrected chi connectivity index (χ2v) is 8.76. The molecule has 35 heavy (non-hydrogen) atoms. The van der Waals surface area contributed by atoms with Gasteiger partial charge in [0.2, 0.25) is 11.8 Å². The third-order valence-corrected chi connectivity index (χ3v) is 6.40. The first-order valence-corrected chi connectivity index (χ1v) is 11.8. The zero-order valence-electron chi connectivity index (χ0n) is 19.0. The summed E-state index contributed by atoms with van der Waals surface area (Å²) in [5.74, 6) is 2.14. The van der Waals surface area contributed by atoms with Gasteiger partial charge in [-0.05, 0) is 26.0 Å². The van der Waals surface area contributed by atoms with Crippen molar-refractivity contribution in [1.82, 2.24) is 25.0 Å². The summed E-state index contributed by atoms with van der Waals surface area (Å²) in [5.41, 5.74) is 0.175. The molecule has 1 atom stereocenters. The molecular formula is C23H22N6O5S. The lowest BCUT2D eigenvalue weighted by molar-refractivity contribution is -0.113. The number of hydrogen-bond acceptors (Lipinski definition) is 9. The molecule has 11 nitrogen and oxygen atoms in total. The first-order chi connectivity index (χ1) is 17.0. The molecule has 5 rings (SSSR count). The van der Waals surface area contributed by atoms with Gasteiger partial charge in [0, 0.05) is 6.54 Å². The number of rotatable bonds is 7. The van der Waals surface area contributed by atoms with Crippen LogP contribution in [0.3, 0.4) is 0 Å². The van der Waals surface area contributed by atoms with E-state index in [1.54, 1.807) is 19.9 Å². The number of carbonyl (C=O) groups excluding carboxylic acids is 1. The van der Waals surface area contributed by atoms with Gasteiger partial charge in [0.15, 0.2) is 28.6 Å². The fraction of sp³-hybridized carbons (Fsp3) is 0.261. The highest BCUT2D eigenvalue weighted by molar-refractivity contribution is 7.99.